The second-order valence-electron chi connectivity index (χ2n) is 16.9. The Morgan fingerprint density at radius 2 is 0.727 bits per heavy atom. The van der Waals surface area contributed by atoms with Gasteiger partial charge in [0.2, 0.25) is 0 Å². The molecule has 310 valence electrons. The monoisotopic (exact) mass is 840 g/mol. The first-order chi connectivity index (χ1) is 32.8. The van der Waals surface area contributed by atoms with Crippen molar-refractivity contribution >= 4 is 49.6 Å². The first-order valence-corrected chi connectivity index (χ1v) is 22.7. The second kappa shape index (κ2) is 16.8. The zero-order valence-corrected chi connectivity index (χ0v) is 36.3. The maximum absolute atomic E-state index is 2.43. The van der Waals surface area contributed by atoms with Crippen LogP contribution in [0.1, 0.15) is 0 Å². The third-order valence-electron chi connectivity index (χ3n) is 13.0. The van der Waals surface area contributed by atoms with Crippen LogP contribution in [0.3, 0.4) is 0 Å². The zero-order valence-electron chi connectivity index (χ0n) is 36.3. The molecule has 2 nitrogen and oxygen atoms in total. The Labute approximate surface area is 385 Å². The number of rotatable bonds is 9. The molecule has 12 rings (SSSR count). The summed E-state index contributed by atoms with van der Waals surface area (Å²) >= 11 is 0. The fourth-order valence-electron chi connectivity index (χ4n) is 9.92. The zero-order chi connectivity index (χ0) is 43.8. The number of hydrogen-bond acceptors (Lipinski definition) is 1. The molecular weight excluding hydrogens is 797 g/mol. The lowest BCUT2D eigenvalue weighted by atomic mass is 9.92. The normalized spacial score (nSPS) is 11.3. The van der Waals surface area contributed by atoms with E-state index in [2.05, 4.69) is 276 Å². The molecule has 0 saturated carbocycles. The van der Waals surface area contributed by atoms with Crippen LogP contribution in [0.15, 0.2) is 267 Å². The smallest absolute Gasteiger partial charge is 0.0541 e. The molecule has 0 N–H and O–H groups in total. The minimum absolute atomic E-state index is 1.07. The highest BCUT2D eigenvalue weighted by molar-refractivity contribution is 6.10. The van der Waals surface area contributed by atoms with Crippen molar-refractivity contribution in [2.24, 2.45) is 0 Å². The van der Waals surface area contributed by atoms with E-state index in [1.807, 2.05) is 0 Å². The van der Waals surface area contributed by atoms with Crippen LogP contribution in [-0.4, -0.2) is 4.57 Å². The minimum atomic E-state index is 1.07. The molecule has 1 aromatic heterocycles. The quantitative estimate of drug-likeness (QED) is 0.141. The molecule has 0 bridgehead atoms. The number of para-hydroxylation sites is 4. The van der Waals surface area contributed by atoms with Crippen LogP contribution in [0.25, 0.3) is 93.9 Å². The summed E-state index contributed by atoms with van der Waals surface area (Å²) in [7, 11) is 0. The van der Waals surface area contributed by atoms with E-state index >= 15 is 0 Å². The van der Waals surface area contributed by atoms with Gasteiger partial charge in [0.25, 0.3) is 0 Å². The van der Waals surface area contributed by atoms with Gasteiger partial charge in [0.15, 0.2) is 0 Å². The Hall–Kier alpha value is -8.72. The summed E-state index contributed by atoms with van der Waals surface area (Å²) in [4.78, 5) is 2.42. The molecule has 66 heavy (non-hydrogen) atoms. The molecule has 2 heteroatoms. The van der Waals surface area contributed by atoms with Crippen LogP contribution < -0.4 is 4.90 Å². The van der Waals surface area contributed by atoms with Crippen LogP contribution in [0.2, 0.25) is 0 Å². The average Bonchev–Trinajstić information content (AvgIpc) is 3.74. The molecule has 0 aliphatic heterocycles. The third kappa shape index (κ3) is 6.93. The van der Waals surface area contributed by atoms with Crippen LogP contribution in [0, 0.1) is 0 Å². The highest BCUT2D eigenvalue weighted by atomic mass is 15.1. The highest BCUT2D eigenvalue weighted by Crippen LogP contribution is 2.46. The Bertz CT molecular complexity index is 3620. The predicted molar refractivity (Wildman–Crippen MR) is 280 cm³/mol. The number of benzene rings is 11. The summed E-state index contributed by atoms with van der Waals surface area (Å²) in [5.41, 5.74) is 18.6. The topological polar surface area (TPSA) is 8.17 Å². The van der Waals surface area contributed by atoms with E-state index in [-0.39, 0.29) is 0 Å². The first-order valence-electron chi connectivity index (χ1n) is 22.7. The van der Waals surface area contributed by atoms with Gasteiger partial charge in [0.1, 0.15) is 0 Å². The molecule has 12 aromatic rings. The van der Waals surface area contributed by atoms with Crippen molar-refractivity contribution in [3.63, 3.8) is 0 Å². The summed E-state index contributed by atoms with van der Waals surface area (Å²) in [6.45, 7) is 0. The molecule has 0 amide bonds. The van der Waals surface area contributed by atoms with Crippen molar-refractivity contribution in [1.29, 1.82) is 0 Å². The van der Waals surface area contributed by atoms with E-state index in [4.69, 9.17) is 0 Å². The first kappa shape index (κ1) is 38.9. The lowest BCUT2D eigenvalue weighted by molar-refractivity contribution is 1.18. The Kier molecular flexibility index (Phi) is 9.89. The summed E-state index contributed by atoms with van der Waals surface area (Å²) in [5.74, 6) is 0. The van der Waals surface area contributed by atoms with Crippen molar-refractivity contribution in [2.75, 3.05) is 4.90 Å². The summed E-state index contributed by atoms with van der Waals surface area (Å²) in [5, 5.41) is 5.02. The van der Waals surface area contributed by atoms with Crippen molar-refractivity contribution in [3.8, 4) is 61.3 Å². The largest absolute Gasteiger partial charge is 0.310 e. The van der Waals surface area contributed by atoms with Crippen molar-refractivity contribution in [1.82, 2.24) is 4.57 Å². The molecular formula is C64H44N2. The number of fused-ring (bicyclic) bond motifs is 4. The molecule has 0 radical (unpaired) electrons. The number of hydrogen-bond donors (Lipinski definition) is 0. The minimum Gasteiger partial charge on any atom is -0.310 e. The summed E-state index contributed by atoms with van der Waals surface area (Å²) in [6, 6.07) is 96.9. The van der Waals surface area contributed by atoms with Gasteiger partial charge < -0.3 is 9.47 Å². The van der Waals surface area contributed by atoms with Crippen LogP contribution in [0.4, 0.5) is 17.1 Å². The summed E-state index contributed by atoms with van der Waals surface area (Å²) in [6.07, 6.45) is 0. The maximum atomic E-state index is 2.43. The SMILES string of the molecule is c1ccc(-c2cc(N(c3ccc(-c4ccc(-c5cccc6ccccc56)cc4)cc3)c3ccccc3-c3ccccc3)ccc2-c2ccccc2-n2c3ccccc3c3ccccc32)cc1. The van der Waals surface area contributed by atoms with Gasteiger partial charge in [0, 0.05) is 33.3 Å². The van der Waals surface area contributed by atoms with Crippen molar-refractivity contribution in [2.45, 2.75) is 0 Å². The Balaban J connectivity index is 1.00. The van der Waals surface area contributed by atoms with E-state index in [1.165, 1.54) is 71.5 Å². The number of aromatic nitrogens is 1. The summed E-state index contributed by atoms with van der Waals surface area (Å²) < 4.78 is 2.43. The van der Waals surface area contributed by atoms with Crippen molar-refractivity contribution < 1.29 is 0 Å². The fourth-order valence-corrected chi connectivity index (χ4v) is 9.92. The highest BCUT2D eigenvalue weighted by Gasteiger charge is 2.22. The molecule has 0 saturated heterocycles. The fraction of sp³-hybridized carbons (Fsp3) is 0. The predicted octanol–water partition coefficient (Wildman–Crippen LogP) is 17.7. The third-order valence-corrected chi connectivity index (χ3v) is 13.0. The van der Waals surface area contributed by atoms with Crippen molar-refractivity contribution in [3.05, 3.63) is 267 Å². The lowest BCUT2D eigenvalue weighted by Gasteiger charge is -2.29. The van der Waals surface area contributed by atoms with Crippen LogP contribution in [-0.2, 0) is 0 Å². The second-order valence-corrected chi connectivity index (χ2v) is 16.9. The molecule has 0 atom stereocenters. The van der Waals surface area contributed by atoms with Gasteiger partial charge >= 0.3 is 0 Å². The molecule has 0 aliphatic carbocycles. The van der Waals surface area contributed by atoms with Crippen LogP contribution >= 0.6 is 0 Å². The van der Waals surface area contributed by atoms with Gasteiger partial charge in [-0.1, -0.05) is 218 Å². The molecule has 0 unspecified atom stereocenters. The van der Waals surface area contributed by atoms with E-state index in [0.717, 1.165) is 39.4 Å². The van der Waals surface area contributed by atoms with E-state index in [0.29, 0.717) is 0 Å². The lowest BCUT2D eigenvalue weighted by Crippen LogP contribution is -2.11. The van der Waals surface area contributed by atoms with Crippen LogP contribution in [0.5, 0.6) is 0 Å². The van der Waals surface area contributed by atoms with Gasteiger partial charge in [-0.15, -0.1) is 0 Å². The number of nitrogens with zero attached hydrogens (tertiary/aromatic N) is 2. The maximum Gasteiger partial charge on any atom is 0.0541 e. The molecule has 0 fully saturated rings. The van der Waals surface area contributed by atoms with Gasteiger partial charge in [-0.3, -0.25) is 0 Å². The molecule has 0 spiro atoms. The average molecular weight is 841 g/mol. The van der Waals surface area contributed by atoms with E-state index < -0.39 is 0 Å². The van der Waals surface area contributed by atoms with E-state index in [9.17, 15) is 0 Å². The number of anilines is 3. The van der Waals surface area contributed by atoms with Gasteiger partial charge in [0.05, 0.1) is 22.4 Å². The Morgan fingerprint density at radius 3 is 1.42 bits per heavy atom. The molecule has 0 aliphatic rings. The van der Waals surface area contributed by atoms with Gasteiger partial charge in [-0.05, 0) is 104 Å². The Morgan fingerprint density at radius 1 is 0.258 bits per heavy atom. The van der Waals surface area contributed by atoms with Gasteiger partial charge in [-0.2, -0.15) is 0 Å². The standard InChI is InChI=1S/C64H44N2/c1-3-18-48(19-4-1)55-25-9-13-30-61(55)65(51-40-38-46(39-41-51)45-34-36-50(37-35-45)54-29-17-23-47-22-7-8-24-53(47)54)52-42-43-56(60(44-52)49-20-5-2-6-21-49)57-26-10-14-31-62(57)66-63-32-15-11-27-58(63)59-28-12-16-33-64(59)66/h1-44H. The van der Waals surface area contributed by atoms with E-state index in [1.54, 1.807) is 0 Å². The molecule has 1 heterocycles. The van der Waals surface area contributed by atoms with Gasteiger partial charge in [-0.25, -0.2) is 0 Å². The molecule has 11 aromatic carbocycles.